The van der Waals surface area contributed by atoms with Crippen molar-refractivity contribution in [3.63, 3.8) is 0 Å². The molecule has 1 aliphatic carbocycles. The smallest absolute Gasteiger partial charge is 0.251 e. The molecule has 0 bridgehead atoms. The van der Waals surface area contributed by atoms with Gasteiger partial charge < -0.3 is 9.64 Å². The van der Waals surface area contributed by atoms with Crippen LogP contribution in [0.5, 0.6) is 5.75 Å². The zero-order valence-corrected chi connectivity index (χ0v) is 17.0. The summed E-state index contributed by atoms with van der Waals surface area (Å²) in [4.78, 5) is 19.1. The van der Waals surface area contributed by atoms with Crippen LogP contribution in [-0.4, -0.2) is 49.4 Å². The van der Waals surface area contributed by atoms with Crippen LogP contribution in [0, 0.1) is 5.92 Å². The van der Waals surface area contributed by atoms with Crippen molar-refractivity contribution < 1.29 is 17.9 Å². The van der Waals surface area contributed by atoms with Gasteiger partial charge in [0.2, 0.25) is 0 Å². The molecule has 2 atom stereocenters. The number of hydrogen-bond donors (Lipinski definition) is 0. The van der Waals surface area contributed by atoms with Crippen molar-refractivity contribution in [2.75, 3.05) is 23.5 Å². The minimum Gasteiger partial charge on any atom is -0.497 e. The van der Waals surface area contributed by atoms with Gasteiger partial charge in [-0.05, 0) is 37.1 Å². The lowest BCUT2D eigenvalue weighted by Crippen LogP contribution is -2.38. The summed E-state index contributed by atoms with van der Waals surface area (Å²) in [6, 6.07) is 7.31. The van der Waals surface area contributed by atoms with Gasteiger partial charge in [0.25, 0.3) is 5.91 Å². The summed E-state index contributed by atoms with van der Waals surface area (Å²) in [6.07, 6.45) is 5.17. The molecular formula is C19H24N2O4S2. The molecule has 1 aromatic rings. The number of aliphatic imine (C=N–C) groups is 1. The number of nitrogens with zero attached hydrogens (tertiary/aromatic N) is 2. The van der Waals surface area contributed by atoms with Crippen molar-refractivity contribution in [1.29, 1.82) is 0 Å². The van der Waals surface area contributed by atoms with Crippen LogP contribution < -0.4 is 9.64 Å². The maximum atomic E-state index is 12.7. The van der Waals surface area contributed by atoms with Crippen molar-refractivity contribution in [1.82, 2.24) is 0 Å². The summed E-state index contributed by atoms with van der Waals surface area (Å²) in [5.74, 6) is 0.934. The first-order valence-corrected chi connectivity index (χ1v) is 12.1. The summed E-state index contributed by atoms with van der Waals surface area (Å²) < 4.78 is 29.5. The quantitative estimate of drug-likeness (QED) is 0.765. The number of carbonyl (C=O) groups is 1. The van der Waals surface area contributed by atoms with Gasteiger partial charge >= 0.3 is 0 Å². The van der Waals surface area contributed by atoms with E-state index in [9.17, 15) is 13.2 Å². The topological polar surface area (TPSA) is 76.0 Å². The fourth-order valence-electron chi connectivity index (χ4n) is 4.14. The van der Waals surface area contributed by atoms with Gasteiger partial charge in [-0.15, -0.1) is 0 Å². The van der Waals surface area contributed by atoms with Gasteiger partial charge in [-0.2, -0.15) is 4.99 Å². The molecule has 1 amide bonds. The Labute approximate surface area is 164 Å². The van der Waals surface area contributed by atoms with Gasteiger partial charge in [0.05, 0.1) is 24.7 Å². The Morgan fingerprint density at radius 2 is 1.85 bits per heavy atom. The van der Waals surface area contributed by atoms with E-state index in [1.165, 1.54) is 18.2 Å². The van der Waals surface area contributed by atoms with Gasteiger partial charge in [-0.1, -0.05) is 31.0 Å². The largest absolute Gasteiger partial charge is 0.497 e. The zero-order valence-electron chi connectivity index (χ0n) is 15.3. The molecule has 6 nitrogen and oxygen atoms in total. The molecule has 4 rings (SSSR count). The van der Waals surface area contributed by atoms with E-state index in [1.54, 1.807) is 7.11 Å². The van der Waals surface area contributed by atoms with Gasteiger partial charge in [-0.25, -0.2) is 8.42 Å². The number of carbonyl (C=O) groups excluding carboxylic acids is 1. The fourth-order valence-corrected chi connectivity index (χ4v) is 8.06. The molecule has 0 spiro atoms. The number of rotatable bonds is 3. The summed E-state index contributed by atoms with van der Waals surface area (Å²) in [7, 11) is -1.45. The lowest BCUT2D eigenvalue weighted by atomic mass is 9.89. The van der Waals surface area contributed by atoms with Crippen LogP contribution in [-0.2, 0) is 14.6 Å². The first-order valence-electron chi connectivity index (χ1n) is 9.40. The second kappa shape index (κ2) is 7.47. The predicted octanol–water partition coefficient (Wildman–Crippen LogP) is 2.88. The molecule has 0 N–H and O–H groups in total. The summed E-state index contributed by atoms with van der Waals surface area (Å²) >= 11 is 1.43. The minimum atomic E-state index is -3.06. The van der Waals surface area contributed by atoms with Crippen molar-refractivity contribution in [3.05, 3.63) is 24.3 Å². The Hall–Kier alpha value is -1.54. The third-order valence-electron chi connectivity index (χ3n) is 5.58. The number of anilines is 1. The van der Waals surface area contributed by atoms with Crippen molar-refractivity contribution >= 4 is 38.4 Å². The maximum absolute atomic E-state index is 12.7. The van der Waals surface area contributed by atoms with E-state index in [0.717, 1.165) is 37.1 Å². The molecule has 2 saturated heterocycles. The van der Waals surface area contributed by atoms with E-state index in [2.05, 4.69) is 4.99 Å². The summed E-state index contributed by atoms with van der Waals surface area (Å²) in [6.45, 7) is 0. The molecule has 3 aliphatic rings. The molecule has 0 radical (unpaired) electrons. The first kappa shape index (κ1) is 18.8. The lowest BCUT2D eigenvalue weighted by Gasteiger charge is -2.25. The van der Waals surface area contributed by atoms with Crippen molar-refractivity contribution in [2.45, 2.75) is 43.4 Å². The first-order chi connectivity index (χ1) is 13.0. The molecule has 0 unspecified atom stereocenters. The SMILES string of the molecule is COc1ccc(N2C(=NC(=O)C3CCCCC3)S[C@H]3CS(=O)(=O)C[C@H]32)cc1. The number of hydrogen-bond acceptors (Lipinski definition) is 5. The average molecular weight is 409 g/mol. The molecule has 27 heavy (non-hydrogen) atoms. The number of sulfone groups is 1. The Balaban J connectivity index is 1.64. The second-order valence-electron chi connectivity index (χ2n) is 7.44. The minimum absolute atomic E-state index is 0.00809. The summed E-state index contributed by atoms with van der Waals surface area (Å²) in [5, 5.41) is 0.565. The number of benzene rings is 1. The standard InChI is InChI=1S/C19H24N2O4S2/c1-25-15-9-7-14(8-10-15)21-16-11-27(23,24)12-17(16)26-19(21)20-18(22)13-5-3-2-4-6-13/h7-10,13,16-17H,2-6,11-12H2,1H3/t16-,17+/m1/s1. The second-order valence-corrected chi connectivity index (χ2v) is 10.8. The van der Waals surface area contributed by atoms with Gasteiger partial charge in [0.15, 0.2) is 15.0 Å². The predicted molar refractivity (Wildman–Crippen MR) is 108 cm³/mol. The van der Waals surface area contributed by atoms with Crippen LogP contribution in [0.1, 0.15) is 32.1 Å². The highest BCUT2D eigenvalue weighted by atomic mass is 32.2. The van der Waals surface area contributed by atoms with Gasteiger partial charge in [-0.3, -0.25) is 4.79 Å². The highest BCUT2D eigenvalue weighted by molar-refractivity contribution is 8.16. The highest BCUT2D eigenvalue weighted by Crippen LogP contribution is 2.41. The van der Waals surface area contributed by atoms with E-state index in [-0.39, 0.29) is 34.6 Å². The number of ether oxygens (including phenoxy) is 1. The Morgan fingerprint density at radius 1 is 1.15 bits per heavy atom. The van der Waals surface area contributed by atoms with Crippen molar-refractivity contribution in [3.8, 4) is 5.75 Å². The monoisotopic (exact) mass is 408 g/mol. The van der Waals surface area contributed by atoms with E-state index < -0.39 is 9.84 Å². The summed E-state index contributed by atoms with van der Waals surface area (Å²) in [5.41, 5.74) is 0.850. The third kappa shape index (κ3) is 3.87. The van der Waals surface area contributed by atoms with Crippen LogP contribution in [0.3, 0.4) is 0 Å². The molecule has 3 fully saturated rings. The van der Waals surface area contributed by atoms with Crippen LogP contribution in [0.4, 0.5) is 5.69 Å². The number of amides is 1. The van der Waals surface area contributed by atoms with Crippen LogP contribution >= 0.6 is 11.8 Å². The van der Waals surface area contributed by atoms with Gasteiger partial charge in [0.1, 0.15) is 5.75 Å². The van der Waals surface area contributed by atoms with Crippen molar-refractivity contribution in [2.24, 2.45) is 10.9 Å². The highest BCUT2D eigenvalue weighted by Gasteiger charge is 2.49. The van der Waals surface area contributed by atoms with Gasteiger partial charge in [0, 0.05) is 16.9 Å². The van der Waals surface area contributed by atoms with Crippen LogP contribution in [0.25, 0.3) is 0 Å². The van der Waals surface area contributed by atoms with E-state index >= 15 is 0 Å². The molecule has 146 valence electrons. The Kier molecular flexibility index (Phi) is 5.20. The molecule has 0 aromatic heterocycles. The molecule has 8 heteroatoms. The molecular weight excluding hydrogens is 384 g/mol. The lowest BCUT2D eigenvalue weighted by molar-refractivity contribution is -0.122. The van der Waals surface area contributed by atoms with Crippen LogP contribution in [0.2, 0.25) is 0 Å². The van der Waals surface area contributed by atoms with Crippen LogP contribution in [0.15, 0.2) is 29.3 Å². The number of thioether (sulfide) groups is 1. The molecule has 1 saturated carbocycles. The number of fused-ring (bicyclic) bond motifs is 1. The third-order valence-corrected chi connectivity index (χ3v) is 8.79. The molecule has 1 aromatic carbocycles. The number of amidine groups is 1. The number of methoxy groups -OCH3 is 1. The van der Waals surface area contributed by atoms with E-state index in [4.69, 9.17) is 4.74 Å². The normalized spacial score (nSPS) is 29.1. The van der Waals surface area contributed by atoms with E-state index in [0.29, 0.717) is 5.17 Å². The zero-order chi connectivity index (χ0) is 19.0. The average Bonchev–Trinajstić information content (AvgIpc) is 3.13. The Morgan fingerprint density at radius 3 is 2.52 bits per heavy atom. The fraction of sp³-hybridized carbons (Fsp3) is 0.579. The molecule has 2 heterocycles. The molecule has 2 aliphatic heterocycles. The maximum Gasteiger partial charge on any atom is 0.251 e. The Bertz CT molecular complexity index is 845. The van der Waals surface area contributed by atoms with E-state index in [1.807, 2.05) is 29.2 Å².